The molecule has 0 aliphatic heterocycles. The van der Waals surface area contributed by atoms with Crippen molar-refractivity contribution in [2.45, 2.75) is 96.2 Å². The molecule has 0 radical (unpaired) electrons. The number of hydrogen-bond acceptors (Lipinski definition) is 2. The second-order valence-electron chi connectivity index (χ2n) is 5.46. The summed E-state index contributed by atoms with van der Waals surface area (Å²) in [6.45, 7) is 3.89. The maximum Gasteiger partial charge on any atom is 0.414 e. The van der Waals surface area contributed by atoms with E-state index in [1.807, 2.05) is 13.8 Å². The summed E-state index contributed by atoms with van der Waals surface area (Å²) in [6.07, 6.45) is -8.27. The van der Waals surface area contributed by atoms with Crippen molar-refractivity contribution in [3.05, 3.63) is 0 Å². The highest BCUT2D eigenvalue weighted by Gasteiger charge is 2.37. The Morgan fingerprint density at radius 1 is 0.609 bits per heavy atom. The monoisotopic (exact) mass is 354 g/mol. The molecule has 0 saturated heterocycles. The van der Waals surface area contributed by atoms with Crippen LogP contribution in [0, 0.1) is 0 Å². The first-order valence-corrected chi connectivity index (χ1v) is 7.96. The Kier molecular flexibility index (Phi) is 13.8. The highest BCUT2D eigenvalue weighted by Crippen LogP contribution is 2.24. The molecule has 23 heavy (non-hydrogen) atoms. The van der Waals surface area contributed by atoms with Gasteiger partial charge in [-0.3, -0.25) is 0 Å². The van der Waals surface area contributed by atoms with E-state index < -0.39 is 24.6 Å². The van der Waals surface area contributed by atoms with Crippen LogP contribution in [-0.4, -0.2) is 34.8 Å². The molecular formula is C15H28F6O2. The Morgan fingerprint density at radius 2 is 0.913 bits per heavy atom. The molecule has 0 aliphatic carbocycles. The zero-order chi connectivity index (χ0) is 18.5. The van der Waals surface area contributed by atoms with Gasteiger partial charge >= 0.3 is 12.4 Å². The van der Waals surface area contributed by atoms with Crippen LogP contribution in [0.1, 0.15) is 71.6 Å². The topological polar surface area (TPSA) is 40.5 Å². The predicted octanol–water partition coefficient (Wildman–Crippen LogP) is 5.37. The molecule has 0 aromatic carbocycles. The van der Waals surface area contributed by atoms with Crippen molar-refractivity contribution in [1.29, 1.82) is 0 Å². The van der Waals surface area contributed by atoms with Crippen molar-refractivity contribution in [3.8, 4) is 0 Å². The Hall–Kier alpha value is -0.500. The smallest absolute Gasteiger partial charge is 0.384 e. The van der Waals surface area contributed by atoms with Gasteiger partial charge in [-0.2, -0.15) is 26.3 Å². The van der Waals surface area contributed by atoms with Gasteiger partial charge in [-0.25, -0.2) is 0 Å². The standard InChI is InChI=1S/C8H15F3O.C7H13F3O/c1-2-3-4-5-6-7(12)8(9,10)11;1-2-3-4-5-6(11)7(8,9)10/h7,12H,2-6H2,1H3;6,11H,2-5H2,1H3. The molecule has 0 heterocycles. The fourth-order valence-electron chi connectivity index (χ4n) is 1.68. The van der Waals surface area contributed by atoms with Crippen LogP contribution < -0.4 is 0 Å². The molecule has 142 valence electrons. The second kappa shape index (κ2) is 12.9. The number of unbranched alkanes of at least 4 members (excludes halogenated alkanes) is 5. The van der Waals surface area contributed by atoms with Crippen LogP contribution in [0.15, 0.2) is 0 Å². The van der Waals surface area contributed by atoms with Gasteiger partial charge in [0.2, 0.25) is 0 Å². The van der Waals surface area contributed by atoms with Crippen LogP contribution in [0.3, 0.4) is 0 Å². The van der Waals surface area contributed by atoms with E-state index in [9.17, 15) is 26.3 Å². The molecule has 0 aromatic rings. The van der Waals surface area contributed by atoms with Crippen LogP contribution in [0.5, 0.6) is 0 Å². The third-order valence-corrected chi connectivity index (χ3v) is 3.17. The fraction of sp³-hybridized carbons (Fsp3) is 1.00. The highest BCUT2D eigenvalue weighted by molar-refractivity contribution is 4.65. The van der Waals surface area contributed by atoms with Gasteiger partial charge in [0, 0.05) is 0 Å². The Labute approximate surface area is 133 Å². The summed E-state index contributed by atoms with van der Waals surface area (Å²) in [5, 5.41) is 17.0. The quantitative estimate of drug-likeness (QED) is 0.432. The van der Waals surface area contributed by atoms with Gasteiger partial charge in [0.15, 0.2) is 0 Å². The average Bonchev–Trinajstić information content (AvgIpc) is 2.42. The lowest BCUT2D eigenvalue weighted by Crippen LogP contribution is -2.28. The molecule has 0 spiro atoms. The summed E-state index contributed by atoms with van der Waals surface area (Å²) in [5.74, 6) is 0. The summed E-state index contributed by atoms with van der Waals surface area (Å²) in [6, 6.07) is 0. The summed E-state index contributed by atoms with van der Waals surface area (Å²) in [4.78, 5) is 0. The molecule has 0 fully saturated rings. The molecule has 2 atom stereocenters. The van der Waals surface area contributed by atoms with Gasteiger partial charge in [-0.15, -0.1) is 0 Å². The van der Waals surface area contributed by atoms with Crippen molar-refractivity contribution in [2.75, 3.05) is 0 Å². The largest absolute Gasteiger partial charge is 0.414 e. The molecule has 2 N–H and O–H groups in total. The van der Waals surface area contributed by atoms with Gasteiger partial charge < -0.3 is 10.2 Å². The Balaban J connectivity index is 0. The van der Waals surface area contributed by atoms with Crippen molar-refractivity contribution < 1.29 is 36.6 Å². The molecule has 0 amide bonds. The minimum absolute atomic E-state index is 0.163. The van der Waals surface area contributed by atoms with E-state index in [1.54, 1.807) is 0 Å². The van der Waals surface area contributed by atoms with Crippen LogP contribution in [0.25, 0.3) is 0 Å². The third kappa shape index (κ3) is 16.1. The minimum atomic E-state index is -4.44. The zero-order valence-corrected chi connectivity index (χ0v) is 13.7. The minimum Gasteiger partial charge on any atom is -0.384 e. The summed E-state index contributed by atoms with van der Waals surface area (Å²) < 4.78 is 70.0. The molecular weight excluding hydrogens is 326 g/mol. The van der Waals surface area contributed by atoms with Gasteiger partial charge in [-0.1, -0.05) is 58.8 Å². The molecule has 0 saturated carbocycles. The highest BCUT2D eigenvalue weighted by atomic mass is 19.4. The molecule has 0 rings (SSSR count). The van der Waals surface area contributed by atoms with Crippen molar-refractivity contribution in [3.63, 3.8) is 0 Å². The van der Waals surface area contributed by atoms with E-state index in [-0.39, 0.29) is 12.8 Å². The van der Waals surface area contributed by atoms with Gasteiger partial charge in [-0.05, 0) is 12.8 Å². The first kappa shape index (κ1) is 24.7. The maximum atomic E-state index is 11.7. The normalized spacial score (nSPS) is 14.9. The summed E-state index contributed by atoms with van der Waals surface area (Å²) in [5.41, 5.74) is 0. The lowest BCUT2D eigenvalue weighted by molar-refractivity contribution is -0.206. The summed E-state index contributed by atoms with van der Waals surface area (Å²) in [7, 11) is 0. The van der Waals surface area contributed by atoms with E-state index >= 15 is 0 Å². The van der Waals surface area contributed by atoms with Crippen LogP contribution >= 0.6 is 0 Å². The van der Waals surface area contributed by atoms with Gasteiger partial charge in [0.1, 0.15) is 12.2 Å². The van der Waals surface area contributed by atoms with E-state index in [0.29, 0.717) is 12.8 Å². The Morgan fingerprint density at radius 3 is 1.22 bits per heavy atom. The number of alkyl halides is 6. The van der Waals surface area contributed by atoms with E-state index in [1.165, 1.54) is 0 Å². The first-order valence-electron chi connectivity index (χ1n) is 7.96. The van der Waals surface area contributed by atoms with Crippen molar-refractivity contribution >= 4 is 0 Å². The number of hydrogen-bond donors (Lipinski definition) is 2. The molecule has 8 heteroatoms. The lowest BCUT2D eigenvalue weighted by atomic mass is 10.1. The van der Waals surface area contributed by atoms with Gasteiger partial charge in [0.05, 0.1) is 0 Å². The summed E-state index contributed by atoms with van der Waals surface area (Å²) >= 11 is 0. The fourth-order valence-corrected chi connectivity index (χ4v) is 1.68. The number of aliphatic hydroxyl groups excluding tert-OH is 2. The van der Waals surface area contributed by atoms with Crippen molar-refractivity contribution in [2.24, 2.45) is 0 Å². The number of aliphatic hydroxyl groups is 2. The van der Waals surface area contributed by atoms with Crippen molar-refractivity contribution in [1.82, 2.24) is 0 Å². The van der Waals surface area contributed by atoms with Crippen LogP contribution in [-0.2, 0) is 0 Å². The zero-order valence-electron chi connectivity index (χ0n) is 13.7. The molecule has 2 nitrogen and oxygen atoms in total. The lowest BCUT2D eigenvalue weighted by Gasteiger charge is -2.13. The SMILES string of the molecule is CCCCCC(O)C(F)(F)F.CCCCCCC(O)C(F)(F)F. The van der Waals surface area contributed by atoms with E-state index in [0.717, 1.165) is 32.1 Å². The molecule has 0 aliphatic rings. The molecule has 2 unspecified atom stereocenters. The second-order valence-corrected chi connectivity index (χ2v) is 5.46. The average molecular weight is 354 g/mol. The Bertz CT molecular complexity index is 266. The van der Waals surface area contributed by atoms with Gasteiger partial charge in [0.25, 0.3) is 0 Å². The molecule has 0 aromatic heterocycles. The van der Waals surface area contributed by atoms with E-state index in [2.05, 4.69) is 0 Å². The van der Waals surface area contributed by atoms with E-state index in [4.69, 9.17) is 10.2 Å². The van der Waals surface area contributed by atoms with Crippen LogP contribution in [0.2, 0.25) is 0 Å². The first-order chi connectivity index (χ1) is 10.5. The molecule has 0 bridgehead atoms. The maximum absolute atomic E-state index is 11.7. The third-order valence-electron chi connectivity index (χ3n) is 3.17. The predicted molar refractivity (Wildman–Crippen MR) is 77.0 cm³/mol. The number of halogens is 6. The number of rotatable bonds is 9. The van der Waals surface area contributed by atoms with Crippen LogP contribution in [0.4, 0.5) is 26.3 Å².